The summed E-state index contributed by atoms with van der Waals surface area (Å²) >= 11 is 1.31. The number of aryl methyl sites for hydroxylation is 1. The predicted octanol–water partition coefficient (Wildman–Crippen LogP) is 0.0247. The van der Waals surface area contributed by atoms with Gasteiger partial charge in [0.05, 0.1) is 23.4 Å². The van der Waals surface area contributed by atoms with Crippen molar-refractivity contribution in [2.24, 2.45) is 7.05 Å². The van der Waals surface area contributed by atoms with Gasteiger partial charge in [0.25, 0.3) is 10.0 Å². The van der Waals surface area contributed by atoms with Crippen molar-refractivity contribution in [3.8, 4) is 0 Å². The number of hydrogen-bond donors (Lipinski definition) is 2. The Morgan fingerprint density at radius 3 is 2.90 bits per heavy atom. The molecule has 0 aromatic carbocycles. The molecule has 2 aromatic rings. The highest BCUT2D eigenvalue weighted by molar-refractivity contribution is 7.89. The first-order valence-electron chi connectivity index (χ1n) is 5.99. The molecule has 0 saturated heterocycles. The number of aromatic nitrogens is 3. The second-order valence-corrected chi connectivity index (χ2v) is 6.98. The minimum Gasteiger partial charge on any atom is -0.481 e. The van der Waals surface area contributed by atoms with E-state index in [2.05, 4.69) is 14.7 Å². The van der Waals surface area contributed by atoms with Crippen LogP contribution in [0.15, 0.2) is 22.9 Å². The summed E-state index contributed by atoms with van der Waals surface area (Å²) in [4.78, 5) is 18.5. The van der Waals surface area contributed by atoms with Gasteiger partial charge < -0.3 is 9.67 Å². The molecule has 0 aliphatic heterocycles. The number of nitrogens with one attached hydrogen (secondary N) is 1. The van der Waals surface area contributed by atoms with E-state index in [0.29, 0.717) is 17.1 Å². The van der Waals surface area contributed by atoms with Crippen molar-refractivity contribution in [2.75, 3.05) is 6.54 Å². The first-order valence-corrected chi connectivity index (χ1v) is 8.36. The van der Waals surface area contributed by atoms with Crippen LogP contribution in [0.1, 0.15) is 10.7 Å². The molecule has 0 fully saturated rings. The number of thiazole rings is 1. The van der Waals surface area contributed by atoms with Crippen molar-refractivity contribution in [3.63, 3.8) is 0 Å². The van der Waals surface area contributed by atoms with Gasteiger partial charge in [-0.25, -0.2) is 23.1 Å². The number of carboxylic acids is 1. The number of rotatable bonds is 7. The largest absolute Gasteiger partial charge is 0.481 e. The van der Waals surface area contributed by atoms with Crippen LogP contribution in [-0.4, -0.2) is 40.6 Å². The maximum absolute atomic E-state index is 11.9. The number of hydrogen-bond acceptors (Lipinski definition) is 6. The monoisotopic (exact) mass is 330 g/mol. The minimum absolute atomic E-state index is 0.0318. The fraction of sp³-hybridized carbons (Fsp3) is 0.364. The van der Waals surface area contributed by atoms with Gasteiger partial charge >= 0.3 is 5.97 Å². The normalized spacial score (nSPS) is 11.7. The summed E-state index contributed by atoms with van der Waals surface area (Å²) in [6.07, 6.45) is 3.09. The quantitative estimate of drug-likeness (QED) is 0.740. The zero-order valence-corrected chi connectivity index (χ0v) is 12.8. The Morgan fingerprint density at radius 2 is 2.29 bits per heavy atom. The Bertz CT molecular complexity index is 735. The Labute approximate surface area is 125 Å². The minimum atomic E-state index is -3.62. The van der Waals surface area contributed by atoms with E-state index < -0.39 is 16.0 Å². The van der Waals surface area contributed by atoms with Crippen molar-refractivity contribution >= 4 is 27.3 Å². The average Bonchev–Trinajstić information content (AvgIpc) is 2.98. The van der Waals surface area contributed by atoms with Crippen LogP contribution in [0.3, 0.4) is 0 Å². The van der Waals surface area contributed by atoms with Crippen molar-refractivity contribution in [1.82, 2.24) is 19.3 Å². The molecule has 114 valence electrons. The molecule has 21 heavy (non-hydrogen) atoms. The summed E-state index contributed by atoms with van der Waals surface area (Å²) in [6.45, 7) is 0.179. The summed E-state index contributed by atoms with van der Waals surface area (Å²) < 4.78 is 27.8. The predicted molar refractivity (Wildman–Crippen MR) is 75.6 cm³/mol. The summed E-state index contributed by atoms with van der Waals surface area (Å²) in [7, 11) is -1.93. The van der Waals surface area contributed by atoms with Crippen LogP contribution in [0.4, 0.5) is 0 Å². The van der Waals surface area contributed by atoms with Crippen molar-refractivity contribution < 1.29 is 18.3 Å². The lowest BCUT2D eigenvalue weighted by atomic mass is 10.3. The van der Waals surface area contributed by atoms with Gasteiger partial charge in [0.1, 0.15) is 0 Å². The van der Waals surface area contributed by atoms with Crippen molar-refractivity contribution in [2.45, 2.75) is 17.9 Å². The SMILES string of the molecule is Cn1cnc(S(=O)(=O)NCCc2nc(CC(=O)O)cs2)c1. The van der Waals surface area contributed by atoms with E-state index in [1.165, 1.54) is 23.9 Å². The lowest BCUT2D eigenvalue weighted by Crippen LogP contribution is -2.26. The molecule has 0 amide bonds. The Morgan fingerprint density at radius 1 is 1.52 bits per heavy atom. The van der Waals surface area contributed by atoms with Crippen molar-refractivity contribution in [1.29, 1.82) is 0 Å². The fourth-order valence-corrected chi connectivity index (χ4v) is 3.40. The molecule has 2 rings (SSSR count). The third-order valence-electron chi connectivity index (χ3n) is 2.52. The highest BCUT2D eigenvalue weighted by Gasteiger charge is 2.16. The average molecular weight is 330 g/mol. The molecule has 0 unspecified atom stereocenters. The molecule has 0 atom stereocenters. The van der Waals surface area contributed by atoms with Crippen LogP contribution in [0.25, 0.3) is 0 Å². The molecular formula is C11H14N4O4S2. The van der Waals surface area contributed by atoms with E-state index in [9.17, 15) is 13.2 Å². The fourth-order valence-electron chi connectivity index (χ4n) is 1.59. The lowest BCUT2D eigenvalue weighted by Gasteiger charge is -2.02. The standard InChI is InChI=1S/C11H14N4O4S2/c1-15-5-10(12-7-15)21(18,19)13-3-2-9-14-8(6-20-9)4-11(16)17/h5-7,13H,2-4H2,1H3,(H,16,17). The van der Waals surface area contributed by atoms with Crippen LogP contribution < -0.4 is 4.72 Å². The molecule has 2 N–H and O–H groups in total. The number of imidazole rings is 1. The molecule has 0 radical (unpaired) electrons. The highest BCUT2D eigenvalue weighted by atomic mass is 32.2. The van der Waals surface area contributed by atoms with E-state index >= 15 is 0 Å². The molecule has 0 aliphatic carbocycles. The zero-order chi connectivity index (χ0) is 15.5. The van der Waals surface area contributed by atoms with E-state index in [-0.39, 0.29) is 18.0 Å². The highest BCUT2D eigenvalue weighted by Crippen LogP contribution is 2.11. The first kappa shape index (κ1) is 15.6. The smallest absolute Gasteiger partial charge is 0.309 e. The number of nitrogens with zero attached hydrogens (tertiary/aromatic N) is 3. The second kappa shape index (κ2) is 6.33. The van der Waals surface area contributed by atoms with Gasteiger partial charge in [0.2, 0.25) is 0 Å². The second-order valence-electron chi connectivity index (χ2n) is 4.33. The molecule has 0 spiro atoms. The third kappa shape index (κ3) is 4.34. The summed E-state index contributed by atoms with van der Waals surface area (Å²) in [5, 5.41) is 11.0. The van der Waals surface area contributed by atoms with Gasteiger partial charge in [-0.3, -0.25) is 4.79 Å². The topological polar surface area (TPSA) is 114 Å². The van der Waals surface area contributed by atoms with Crippen LogP contribution in [0.2, 0.25) is 0 Å². The molecule has 0 saturated carbocycles. The zero-order valence-electron chi connectivity index (χ0n) is 11.2. The number of carbonyl (C=O) groups is 1. The lowest BCUT2D eigenvalue weighted by molar-refractivity contribution is -0.136. The molecule has 8 nitrogen and oxygen atoms in total. The Hall–Kier alpha value is -1.78. The van der Waals surface area contributed by atoms with Gasteiger partial charge in [-0.1, -0.05) is 0 Å². The van der Waals surface area contributed by atoms with Gasteiger partial charge in [0.15, 0.2) is 5.03 Å². The third-order valence-corrected chi connectivity index (χ3v) is 4.82. The van der Waals surface area contributed by atoms with Crippen LogP contribution in [-0.2, 0) is 34.7 Å². The Kier molecular flexibility index (Phi) is 4.70. The molecule has 2 heterocycles. The van der Waals surface area contributed by atoms with E-state index in [1.807, 2.05) is 0 Å². The molecule has 2 aromatic heterocycles. The van der Waals surface area contributed by atoms with Gasteiger partial charge in [-0.2, -0.15) is 0 Å². The first-order chi connectivity index (χ1) is 9.87. The van der Waals surface area contributed by atoms with Crippen LogP contribution in [0, 0.1) is 0 Å². The maximum Gasteiger partial charge on any atom is 0.309 e. The van der Waals surface area contributed by atoms with E-state index in [0.717, 1.165) is 0 Å². The van der Waals surface area contributed by atoms with Gasteiger partial charge in [0, 0.05) is 31.6 Å². The van der Waals surface area contributed by atoms with Crippen LogP contribution >= 0.6 is 11.3 Å². The molecular weight excluding hydrogens is 316 g/mol. The number of aliphatic carboxylic acids is 1. The van der Waals surface area contributed by atoms with E-state index in [1.54, 1.807) is 17.0 Å². The summed E-state index contributed by atoms with van der Waals surface area (Å²) in [5.41, 5.74) is 0.482. The number of carboxylic acid groups (broad SMARTS) is 1. The summed E-state index contributed by atoms with van der Waals surface area (Å²) in [5.74, 6) is -0.942. The van der Waals surface area contributed by atoms with Gasteiger partial charge in [-0.15, -0.1) is 11.3 Å². The maximum atomic E-state index is 11.9. The molecule has 0 bridgehead atoms. The molecule has 10 heteroatoms. The molecule has 0 aliphatic rings. The van der Waals surface area contributed by atoms with Crippen molar-refractivity contribution in [3.05, 3.63) is 28.6 Å². The van der Waals surface area contributed by atoms with E-state index in [4.69, 9.17) is 5.11 Å². The summed E-state index contributed by atoms with van der Waals surface area (Å²) in [6, 6.07) is 0. The van der Waals surface area contributed by atoms with Crippen LogP contribution in [0.5, 0.6) is 0 Å². The number of sulfonamides is 1. The van der Waals surface area contributed by atoms with Gasteiger partial charge in [-0.05, 0) is 0 Å². The Balaban J connectivity index is 1.89.